The number of nitrogens with zero attached hydrogens (tertiary/aromatic N) is 4. The van der Waals surface area contributed by atoms with E-state index in [-0.39, 0.29) is 5.75 Å². The summed E-state index contributed by atoms with van der Waals surface area (Å²) in [7, 11) is 1.66. The normalized spacial score (nSPS) is 16.9. The third kappa shape index (κ3) is 5.94. The average molecular weight is 529 g/mol. The van der Waals surface area contributed by atoms with Crippen LogP contribution in [0, 0.1) is 17.5 Å². The van der Waals surface area contributed by atoms with Crippen molar-refractivity contribution >= 4 is 17.3 Å². The number of anilines is 3. The van der Waals surface area contributed by atoms with Crippen molar-refractivity contribution in [2.45, 2.75) is 25.5 Å². The van der Waals surface area contributed by atoms with E-state index in [1.165, 1.54) is 12.4 Å². The molecule has 2 aliphatic rings. The van der Waals surface area contributed by atoms with Gasteiger partial charge in [0.25, 0.3) is 0 Å². The van der Waals surface area contributed by atoms with Gasteiger partial charge in [-0.1, -0.05) is 0 Å². The Morgan fingerprint density at radius 2 is 1.68 bits per heavy atom. The molecule has 0 amide bonds. The topological polar surface area (TPSA) is 74.8 Å². The molecule has 2 fully saturated rings. The Morgan fingerprint density at radius 1 is 0.974 bits per heavy atom. The van der Waals surface area contributed by atoms with Crippen molar-refractivity contribution in [3.63, 3.8) is 0 Å². The lowest BCUT2D eigenvalue weighted by atomic mass is 10.0. The van der Waals surface area contributed by atoms with Crippen molar-refractivity contribution in [3.05, 3.63) is 65.7 Å². The fraction of sp³-hybridized carbons (Fsp3) is 0.407. The van der Waals surface area contributed by atoms with Crippen LogP contribution in [0.5, 0.6) is 11.5 Å². The third-order valence-corrected chi connectivity index (χ3v) is 7.06. The summed E-state index contributed by atoms with van der Waals surface area (Å²) in [5, 5.41) is 6.55. The Morgan fingerprint density at radius 3 is 2.39 bits per heavy atom. The van der Waals surface area contributed by atoms with Crippen molar-refractivity contribution in [1.82, 2.24) is 20.2 Å². The monoisotopic (exact) mass is 528 g/mol. The number of piperazine rings is 1. The zero-order chi connectivity index (χ0) is 26.5. The molecule has 0 aliphatic carbocycles. The zero-order valence-electron chi connectivity index (χ0n) is 21.2. The predicted octanol–water partition coefficient (Wildman–Crippen LogP) is 4.10. The molecule has 11 heteroatoms. The van der Waals surface area contributed by atoms with Gasteiger partial charge >= 0.3 is 0 Å². The van der Waals surface area contributed by atoms with Gasteiger partial charge in [-0.15, -0.1) is 0 Å². The van der Waals surface area contributed by atoms with Gasteiger partial charge in [-0.05, 0) is 37.1 Å². The van der Waals surface area contributed by atoms with Crippen molar-refractivity contribution < 1.29 is 22.6 Å². The van der Waals surface area contributed by atoms with Gasteiger partial charge in [-0.2, -0.15) is 0 Å². The summed E-state index contributed by atoms with van der Waals surface area (Å²) in [6, 6.07) is 8.11. The SMILES string of the molecule is COc1cc(Nc2ncc(OCc3c(F)ccc(F)c3F)cn2)ccc1N1CCC(N2CCNCC2)CC1. The molecule has 0 radical (unpaired) electrons. The highest BCUT2D eigenvalue weighted by molar-refractivity contribution is 5.67. The minimum Gasteiger partial charge on any atom is -0.495 e. The van der Waals surface area contributed by atoms with Gasteiger partial charge in [0.15, 0.2) is 17.4 Å². The Bertz CT molecular complexity index is 1230. The van der Waals surface area contributed by atoms with Gasteiger partial charge in [-0.3, -0.25) is 4.90 Å². The lowest BCUT2D eigenvalue weighted by Crippen LogP contribution is -2.52. The molecule has 3 heterocycles. The Balaban J connectivity index is 1.18. The second-order valence-electron chi connectivity index (χ2n) is 9.37. The molecule has 2 N–H and O–H groups in total. The molecule has 2 aliphatic heterocycles. The fourth-order valence-electron chi connectivity index (χ4n) is 4.98. The molecule has 2 saturated heterocycles. The molecule has 8 nitrogen and oxygen atoms in total. The molecule has 2 aromatic carbocycles. The van der Waals surface area contributed by atoms with Gasteiger partial charge in [0, 0.05) is 57.1 Å². The predicted molar refractivity (Wildman–Crippen MR) is 139 cm³/mol. The number of nitrogens with one attached hydrogen (secondary N) is 2. The van der Waals surface area contributed by atoms with Crippen LogP contribution in [0.25, 0.3) is 0 Å². The number of benzene rings is 2. The quantitative estimate of drug-likeness (QED) is 0.424. The van der Waals surface area contributed by atoms with Crippen LogP contribution in [0.4, 0.5) is 30.5 Å². The largest absolute Gasteiger partial charge is 0.495 e. The van der Waals surface area contributed by atoms with Crippen LogP contribution in [0.1, 0.15) is 18.4 Å². The van der Waals surface area contributed by atoms with E-state index in [4.69, 9.17) is 9.47 Å². The summed E-state index contributed by atoms with van der Waals surface area (Å²) in [6.45, 7) is 5.84. The maximum absolute atomic E-state index is 13.8. The van der Waals surface area contributed by atoms with Gasteiger partial charge in [0.2, 0.25) is 5.95 Å². The smallest absolute Gasteiger partial charge is 0.227 e. The van der Waals surface area contributed by atoms with Gasteiger partial charge in [-0.25, -0.2) is 23.1 Å². The molecule has 1 aromatic heterocycles. The maximum Gasteiger partial charge on any atom is 0.227 e. The van der Waals surface area contributed by atoms with Crippen LogP contribution in [-0.4, -0.2) is 67.3 Å². The van der Waals surface area contributed by atoms with Crippen LogP contribution in [0.2, 0.25) is 0 Å². The van der Waals surface area contributed by atoms with Crippen LogP contribution in [0.15, 0.2) is 42.7 Å². The molecule has 0 atom stereocenters. The van der Waals surface area contributed by atoms with Crippen LogP contribution in [0.3, 0.4) is 0 Å². The highest BCUT2D eigenvalue weighted by atomic mass is 19.2. The lowest BCUT2D eigenvalue weighted by Gasteiger charge is -2.41. The number of hydrogen-bond donors (Lipinski definition) is 2. The zero-order valence-corrected chi connectivity index (χ0v) is 21.2. The van der Waals surface area contributed by atoms with E-state index in [1.54, 1.807) is 7.11 Å². The minimum absolute atomic E-state index is 0.191. The number of ether oxygens (including phenoxy) is 2. The van der Waals surface area contributed by atoms with Crippen LogP contribution in [-0.2, 0) is 6.61 Å². The van der Waals surface area contributed by atoms with Crippen molar-refractivity contribution in [2.75, 3.05) is 56.6 Å². The number of hydrogen-bond acceptors (Lipinski definition) is 8. The summed E-state index contributed by atoms with van der Waals surface area (Å²) in [5.74, 6) is -2.03. The Kier molecular flexibility index (Phi) is 8.14. The Labute approximate surface area is 219 Å². The molecule has 0 spiro atoms. The van der Waals surface area contributed by atoms with Gasteiger partial charge in [0.05, 0.1) is 30.8 Å². The second kappa shape index (κ2) is 11.9. The van der Waals surface area contributed by atoms with Crippen molar-refractivity contribution in [2.24, 2.45) is 0 Å². The first-order valence-corrected chi connectivity index (χ1v) is 12.7. The number of methoxy groups -OCH3 is 1. The molecule has 202 valence electrons. The summed E-state index contributed by atoms with van der Waals surface area (Å²) in [4.78, 5) is 13.4. The van der Waals surface area contributed by atoms with Crippen molar-refractivity contribution in [1.29, 1.82) is 0 Å². The van der Waals surface area contributed by atoms with E-state index in [0.29, 0.717) is 12.0 Å². The van der Waals surface area contributed by atoms with Gasteiger partial charge in [0.1, 0.15) is 18.2 Å². The lowest BCUT2D eigenvalue weighted by molar-refractivity contribution is 0.150. The number of piperidine rings is 1. The third-order valence-electron chi connectivity index (χ3n) is 7.06. The summed E-state index contributed by atoms with van der Waals surface area (Å²) >= 11 is 0. The van der Waals surface area contributed by atoms with E-state index in [0.717, 1.165) is 81.4 Å². The molecular weight excluding hydrogens is 497 g/mol. The first kappa shape index (κ1) is 26.1. The molecule has 0 bridgehead atoms. The Hall–Kier alpha value is -3.57. The first-order valence-electron chi connectivity index (χ1n) is 12.7. The first-order chi connectivity index (χ1) is 18.5. The van der Waals surface area contributed by atoms with E-state index < -0.39 is 29.6 Å². The molecule has 3 aromatic rings. The van der Waals surface area contributed by atoms with Crippen molar-refractivity contribution in [3.8, 4) is 11.5 Å². The molecule has 5 rings (SSSR count). The highest BCUT2D eigenvalue weighted by Crippen LogP contribution is 2.34. The highest BCUT2D eigenvalue weighted by Gasteiger charge is 2.26. The van der Waals surface area contributed by atoms with E-state index >= 15 is 0 Å². The number of aromatic nitrogens is 2. The van der Waals surface area contributed by atoms with E-state index in [1.807, 2.05) is 18.2 Å². The van der Waals surface area contributed by atoms with Crippen LogP contribution >= 0.6 is 0 Å². The molecule has 38 heavy (non-hydrogen) atoms. The van der Waals surface area contributed by atoms with Gasteiger partial charge < -0.3 is 25.0 Å². The number of halogens is 3. The summed E-state index contributed by atoms with van der Waals surface area (Å²) in [6.07, 6.45) is 5.00. The summed E-state index contributed by atoms with van der Waals surface area (Å²) < 4.78 is 52.0. The maximum atomic E-state index is 13.8. The standard InChI is InChI=1S/C27H31F3N6O2/c1-37-25-14-18(2-5-24(25)36-10-6-19(7-11-36)35-12-8-31-9-13-35)34-27-32-15-20(16-33-27)38-17-21-22(28)3-4-23(29)26(21)30/h2-5,14-16,19,31H,6-13,17H2,1H3,(H,32,33,34). The second-order valence-corrected chi connectivity index (χ2v) is 9.37. The number of rotatable bonds is 8. The van der Waals surface area contributed by atoms with E-state index in [9.17, 15) is 13.2 Å². The molecular formula is C27H31F3N6O2. The molecule has 0 saturated carbocycles. The minimum atomic E-state index is -1.27. The van der Waals surface area contributed by atoms with Crippen LogP contribution < -0.4 is 25.0 Å². The summed E-state index contributed by atoms with van der Waals surface area (Å²) in [5.41, 5.74) is 1.31. The molecule has 0 unspecified atom stereocenters. The van der Waals surface area contributed by atoms with E-state index in [2.05, 4.69) is 30.4 Å². The fourth-order valence-corrected chi connectivity index (χ4v) is 4.98. The average Bonchev–Trinajstić information content (AvgIpc) is 2.96.